The molecule has 16 heavy (non-hydrogen) atoms. The van der Waals surface area contributed by atoms with Crippen LogP contribution in [0.3, 0.4) is 0 Å². The van der Waals surface area contributed by atoms with E-state index in [-0.39, 0.29) is 0 Å². The van der Waals surface area contributed by atoms with Crippen molar-refractivity contribution in [2.24, 2.45) is 13.0 Å². The lowest BCUT2D eigenvalue weighted by Gasteiger charge is -2.16. The van der Waals surface area contributed by atoms with Gasteiger partial charge in [0.05, 0.1) is 0 Å². The average Bonchev–Trinajstić information content (AvgIpc) is 3.04. The zero-order valence-corrected chi connectivity index (χ0v) is 10.8. The molecule has 0 bridgehead atoms. The Labute approximate surface area is 101 Å². The second-order valence-electron chi connectivity index (χ2n) is 4.43. The largest absolute Gasteiger partial charge is 0.313 e. The highest BCUT2D eigenvalue weighted by Crippen LogP contribution is 2.34. The highest BCUT2D eigenvalue weighted by Gasteiger charge is 2.30. The minimum Gasteiger partial charge on any atom is -0.313 e. The standard InChI is InChI=1S/C11H20N4S/c1-3-6-12-10(9-4-5-9)7-16-11-14-13-8-15(11)2/h8-10,12H,3-7H2,1-2H3. The van der Waals surface area contributed by atoms with E-state index in [1.807, 2.05) is 23.4 Å². The van der Waals surface area contributed by atoms with Crippen molar-refractivity contribution in [1.82, 2.24) is 20.1 Å². The molecule has 1 unspecified atom stereocenters. The summed E-state index contributed by atoms with van der Waals surface area (Å²) in [6.07, 6.45) is 5.74. The van der Waals surface area contributed by atoms with E-state index in [2.05, 4.69) is 22.4 Å². The van der Waals surface area contributed by atoms with Crippen LogP contribution in [0.4, 0.5) is 0 Å². The molecule has 1 aliphatic rings. The van der Waals surface area contributed by atoms with Gasteiger partial charge in [0.25, 0.3) is 0 Å². The Kier molecular flexibility index (Phi) is 4.23. The van der Waals surface area contributed by atoms with Crippen molar-refractivity contribution in [3.8, 4) is 0 Å². The van der Waals surface area contributed by atoms with Crippen molar-refractivity contribution in [1.29, 1.82) is 0 Å². The van der Waals surface area contributed by atoms with Crippen LogP contribution < -0.4 is 5.32 Å². The van der Waals surface area contributed by atoms with Crippen LogP contribution in [0.5, 0.6) is 0 Å². The first-order chi connectivity index (χ1) is 7.81. The molecule has 1 fully saturated rings. The molecule has 0 radical (unpaired) electrons. The molecular weight excluding hydrogens is 220 g/mol. The summed E-state index contributed by atoms with van der Waals surface area (Å²) >= 11 is 1.81. The summed E-state index contributed by atoms with van der Waals surface area (Å²) < 4.78 is 1.98. The second-order valence-corrected chi connectivity index (χ2v) is 5.42. The van der Waals surface area contributed by atoms with E-state index in [1.165, 1.54) is 19.3 Å². The van der Waals surface area contributed by atoms with Crippen LogP contribution in [0.15, 0.2) is 11.5 Å². The van der Waals surface area contributed by atoms with Crippen molar-refractivity contribution < 1.29 is 0 Å². The van der Waals surface area contributed by atoms with E-state index in [0.29, 0.717) is 6.04 Å². The van der Waals surface area contributed by atoms with Crippen LogP contribution >= 0.6 is 11.8 Å². The normalized spacial score (nSPS) is 17.6. The van der Waals surface area contributed by atoms with E-state index in [1.54, 1.807) is 6.33 Å². The fraction of sp³-hybridized carbons (Fsp3) is 0.818. The maximum absolute atomic E-state index is 4.10. The second kappa shape index (κ2) is 5.68. The molecule has 2 rings (SSSR count). The third-order valence-corrected chi connectivity index (χ3v) is 4.06. The third kappa shape index (κ3) is 3.22. The van der Waals surface area contributed by atoms with Crippen molar-refractivity contribution >= 4 is 11.8 Å². The predicted octanol–water partition coefficient (Wildman–Crippen LogP) is 1.69. The molecule has 1 aromatic rings. The fourth-order valence-corrected chi connectivity index (χ4v) is 2.83. The van der Waals surface area contributed by atoms with Crippen molar-refractivity contribution in [3.63, 3.8) is 0 Å². The van der Waals surface area contributed by atoms with Gasteiger partial charge >= 0.3 is 0 Å². The van der Waals surface area contributed by atoms with Crippen LogP contribution in [0.25, 0.3) is 0 Å². The monoisotopic (exact) mass is 240 g/mol. The van der Waals surface area contributed by atoms with Gasteiger partial charge in [-0.3, -0.25) is 0 Å². The Morgan fingerprint density at radius 1 is 1.62 bits per heavy atom. The highest BCUT2D eigenvalue weighted by atomic mass is 32.2. The van der Waals surface area contributed by atoms with Crippen molar-refractivity contribution in [3.05, 3.63) is 6.33 Å². The van der Waals surface area contributed by atoms with E-state index in [4.69, 9.17) is 0 Å². The van der Waals surface area contributed by atoms with Crippen LogP contribution in [-0.2, 0) is 7.05 Å². The molecule has 0 aromatic carbocycles. The molecule has 1 N–H and O–H groups in total. The molecule has 0 saturated heterocycles. The number of nitrogens with one attached hydrogen (secondary N) is 1. The minimum absolute atomic E-state index is 0.654. The van der Waals surface area contributed by atoms with Gasteiger partial charge in [0.1, 0.15) is 6.33 Å². The zero-order valence-electron chi connectivity index (χ0n) is 10.0. The molecule has 1 saturated carbocycles. The average molecular weight is 240 g/mol. The number of thioether (sulfide) groups is 1. The van der Waals surface area contributed by atoms with Gasteiger partial charge in [-0.2, -0.15) is 0 Å². The van der Waals surface area contributed by atoms with Crippen LogP contribution in [0.1, 0.15) is 26.2 Å². The SMILES string of the molecule is CCCNC(CSc1nncn1C)C1CC1. The molecule has 1 atom stereocenters. The lowest BCUT2D eigenvalue weighted by molar-refractivity contribution is 0.502. The van der Waals surface area contributed by atoms with E-state index in [9.17, 15) is 0 Å². The van der Waals surface area contributed by atoms with Crippen molar-refractivity contribution in [2.45, 2.75) is 37.4 Å². The predicted molar refractivity (Wildman–Crippen MR) is 66.5 cm³/mol. The van der Waals surface area contributed by atoms with Crippen molar-refractivity contribution in [2.75, 3.05) is 12.3 Å². The van der Waals surface area contributed by atoms with Crippen LogP contribution in [0, 0.1) is 5.92 Å². The van der Waals surface area contributed by atoms with Gasteiger partial charge in [-0.05, 0) is 31.7 Å². The number of aryl methyl sites for hydroxylation is 1. The first-order valence-corrected chi connectivity index (χ1v) is 7.00. The topological polar surface area (TPSA) is 42.7 Å². The summed E-state index contributed by atoms with van der Waals surface area (Å²) in [6, 6.07) is 0.654. The number of hydrogen-bond donors (Lipinski definition) is 1. The first kappa shape index (κ1) is 11.9. The zero-order chi connectivity index (χ0) is 11.4. The summed E-state index contributed by atoms with van der Waals surface area (Å²) in [5.74, 6) is 2.00. The summed E-state index contributed by atoms with van der Waals surface area (Å²) in [4.78, 5) is 0. The van der Waals surface area contributed by atoms with Gasteiger partial charge in [0, 0.05) is 18.8 Å². The van der Waals surface area contributed by atoms with Gasteiger partial charge in [0.2, 0.25) is 0 Å². The van der Waals surface area contributed by atoms with Gasteiger partial charge in [-0.15, -0.1) is 10.2 Å². The third-order valence-electron chi connectivity index (χ3n) is 2.91. The lowest BCUT2D eigenvalue weighted by Crippen LogP contribution is -2.34. The molecule has 0 amide bonds. The first-order valence-electron chi connectivity index (χ1n) is 6.01. The molecule has 1 heterocycles. The molecule has 1 aromatic heterocycles. The number of rotatable bonds is 7. The Morgan fingerprint density at radius 2 is 2.44 bits per heavy atom. The Bertz CT molecular complexity index is 322. The molecule has 1 aliphatic carbocycles. The van der Waals surface area contributed by atoms with Crippen LogP contribution in [0.2, 0.25) is 0 Å². The minimum atomic E-state index is 0.654. The summed E-state index contributed by atoms with van der Waals surface area (Å²) in [5, 5.41) is 12.6. The maximum Gasteiger partial charge on any atom is 0.190 e. The highest BCUT2D eigenvalue weighted by molar-refractivity contribution is 7.99. The molecule has 5 heteroatoms. The fourth-order valence-electron chi connectivity index (χ4n) is 1.76. The molecule has 90 valence electrons. The Morgan fingerprint density at radius 3 is 3.00 bits per heavy atom. The number of nitrogens with zero attached hydrogens (tertiary/aromatic N) is 3. The lowest BCUT2D eigenvalue weighted by atomic mass is 10.2. The summed E-state index contributed by atoms with van der Waals surface area (Å²) in [7, 11) is 1.99. The Balaban J connectivity index is 1.79. The van der Waals surface area contributed by atoms with E-state index >= 15 is 0 Å². The summed E-state index contributed by atoms with van der Waals surface area (Å²) in [5.41, 5.74) is 0. The molecule has 4 nitrogen and oxygen atoms in total. The van der Waals surface area contributed by atoms with Crippen LogP contribution in [-0.4, -0.2) is 33.1 Å². The quantitative estimate of drug-likeness (QED) is 0.737. The van der Waals surface area contributed by atoms with Gasteiger partial charge in [-0.1, -0.05) is 18.7 Å². The van der Waals surface area contributed by atoms with E-state index < -0.39 is 0 Å². The van der Waals surface area contributed by atoms with Gasteiger partial charge in [0.15, 0.2) is 5.16 Å². The smallest absolute Gasteiger partial charge is 0.190 e. The molecule has 0 spiro atoms. The summed E-state index contributed by atoms with van der Waals surface area (Å²) in [6.45, 7) is 3.34. The van der Waals surface area contributed by atoms with Gasteiger partial charge in [-0.25, -0.2) is 0 Å². The molecular formula is C11H20N4S. The molecule has 0 aliphatic heterocycles. The Hall–Kier alpha value is -0.550. The number of hydrogen-bond acceptors (Lipinski definition) is 4. The maximum atomic E-state index is 4.10. The van der Waals surface area contributed by atoms with Gasteiger partial charge < -0.3 is 9.88 Å². The number of aromatic nitrogens is 3. The van der Waals surface area contributed by atoms with E-state index in [0.717, 1.165) is 23.4 Å².